The highest BCUT2D eigenvalue weighted by Crippen LogP contribution is 2.10. The molecule has 1 atom stereocenters. The summed E-state index contributed by atoms with van der Waals surface area (Å²) in [5.74, 6) is 2.66. The van der Waals surface area contributed by atoms with Crippen LogP contribution in [0.1, 0.15) is 19.3 Å². The third kappa shape index (κ3) is 2.84. The maximum Gasteiger partial charge on any atom is 0.0622 e. The average Bonchev–Trinajstić information content (AvgIpc) is 2.56. The molecule has 0 amide bonds. The molecule has 0 bridgehead atoms. The molecule has 1 aliphatic heterocycles. The molecule has 0 N–H and O–H groups in total. The predicted molar refractivity (Wildman–Crippen MR) is 49.9 cm³/mol. The second-order valence-corrected chi connectivity index (χ2v) is 3.31. The molecule has 0 aliphatic carbocycles. The van der Waals surface area contributed by atoms with Gasteiger partial charge in [0.2, 0.25) is 0 Å². The third-order valence-corrected chi connectivity index (χ3v) is 2.36. The molecule has 1 aliphatic rings. The lowest BCUT2D eigenvalue weighted by molar-refractivity contribution is 0.159. The van der Waals surface area contributed by atoms with Crippen LogP contribution in [-0.4, -0.2) is 37.7 Å². The zero-order valence-corrected chi connectivity index (χ0v) is 7.75. The van der Waals surface area contributed by atoms with Crippen molar-refractivity contribution in [3.8, 4) is 12.3 Å². The fraction of sp³-hybridized carbons (Fsp3) is 0.800. The minimum atomic E-state index is 0.628. The lowest BCUT2D eigenvalue weighted by atomic mass is 10.2. The van der Waals surface area contributed by atoms with Gasteiger partial charge >= 0.3 is 0 Å². The third-order valence-electron chi connectivity index (χ3n) is 2.36. The summed E-state index contributed by atoms with van der Waals surface area (Å²) in [5.41, 5.74) is 0. The Morgan fingerprint density at radius 1 is 1.67 bits per heavy atom. The summed E-state index contributed by atoms with van der Waals surface area (Å²) in [4.78, 5) is 2.35. The Hall–Kier alpha value is -0.520. The smallest absolute Gasteiger partial charge is 0.0622 e. The molecule has 0 aromatic carbocycles. The first-order chi connectivity index (χ1) is 5.84. The average molecular weight is 167 g/mol. The van der Waals surface area contributed by atoms with Crippen molar-refractivity contribution in [2.24, 2.45) is 0 Å². The number of hydrogen-bond acceptors (Lipinski definition) is 2. The normalized spacial score (nSPS) is 22.9. The van der Waals surface area contributed by atoms with Gasteiger partial charge in [-0.1, -0.05) is 0 Å². The van der Waals surface area contributed by atoms with Crippen LogP contribution in [0.5, 0.6) is 0 Å². The van der Waals surface area contributed by atoms with Gasteiger partial charge in [-0.2, -0.15) is 0 Å². The molecule has 0 spiro atoms. The summed E-state index contributed by atoms with van der Waals surface area (Å²) < 4.78 is 5.30. The van der Waals surface area contributed by atoms with E-state index in [1.807, 2.05) is 0 Å². The van der Waals surface area contributed by atoms with Gasteiger partial charge in [0.15, 0.2) is 0 Å². The van der Waals surface area contributed by atoms with Crippen molar-refractivity contribution in [3.63, 3.8) is 0 Å². The van der Waals surface area contributed by atoms with Crippen molar-refractivity contribution in [2.75, 3.05) is 26.8 Å². The van der Waals surface area contributed by atoms with Crippen LogP contribution >= 0.6 is 0 Å². The SMILES string of the molecule is C#CCCCN(C)C1CCOC1. The number of terminal acetylenes is 1. The van der Waals surface area contributed by atoms with E-state index in [1.165, 1.54) is 6.42 Å². The standard InChI is InChI=1S/C10H17NO/c1-3-4-5-7-11(2)10-6-8-12-9-10/h1,10H,4-9H2,2H3. The van der Waals surface area contributed by atoms with Crippen LogP contribution in [0, 0.1) is 12.3 Å². The molecule has 0 aromatic rings. The van der Waals surface area contributed by atoms with Crippen molar-refractivity contribution in [1.29, 1.82) is 0 Å². The first-order valence-corrected chi connectivity index (χ1v) is 4.56. The van der Waals surface area contributed by atoms with Crippen LogP contribution in [-0.2, 0) is 4.74 Å². The maximum atomic E-state index is 5.30. The summed E-state index contributed by atoms with van der Waals surface area (Å²) in [6.07, 6.45) is 8.34. The molecule has 0 saturated carbocycles. The van der Waals surface area contributed by atoms with Crippen LogP contribution in [0.2, 0.25) is 0 Å². The number of rotatable bonds is 4. The molecule has 2 heteroatoms. The van der Waals surface area contributed by atoms with E-state index in [0.29, 0.717) is 6.04 Å². The fourth-order valence-corrected chi connectivity index (χ4v) is 1.48. The fourth-order valence-electron chi connectivity index (χ4n) is 1.48. The van der Waals surface area contributed by atoms with Crippen LogP contribution in [0.25, 0.3) is 0 Å². The monoisotopic (exact) mass is 167 g/mol. The van der Waals surface area contributed by atoms with Gasteiger partial charge in [0, 0.05) is 19.1 Å². The van der Waals surface area contributed by atoms with Crippen LogP contribution < -0.4 is 0 Å². The molecule has 1 unspecified atom stereocenters. The minimum absolute atomic E-state index is 0.628. The van der Waals surface area contributed by atoms with E-state index in [4.69, 9.17) is 11.2 Å². The zero-order valence-electron chi connectivity index (χ0n) is 7.75. The Balaban J connectivity index is 2.10. The molecule has 1 rings (SSSR count). The lowest BCUT2D eigenvalue weighted by Gasteiger charge is -2.21. The second-order valence-electron chi connectivity index (χ2n) is 3.31. The van der Waals surface area contributed by atoms with Crippen molar-refractivity contribution < 1.29 is 4.74 Å². The summed E-state index contributed by atoms with van der Waals surface area (Å²) >= 11 is 0. The highest BCUT2D eigenvalue weighted by atomic mass is 16.5. The van der Waals surface area contributed by atoms with Gasteiger partial charge in [-0.05, 0) is 26.4 Å². The number of unbranched alkanes of at least 4 members (excludes halogenated alkanes) is 1. The first kappa shape index (κ1) is 9.57. The highest BCUT2D eigenvalue weighted by molar-refractivity contribution is 4.84. The zero-order chi connectivity index (χ0) is 8.81. The van der Waals surface area contributed by atoms with E-state index >= 15 is 0 Å². The number of ether oxygens (including phenoxy) is 1. The minimum Gasteiger partial charge on any atom is -0.380 e. The molecule has 68 valence electrons. The van der Waals surface area contributed by atoms with Gasteiger partial charge in [0.05, 0.1) is 6.61 Å². The molecular weight excluding hydrogens is 150 g/mol. The van der Waals surface area contributed by atoms with E-state index in [9.17, 15) is 0 Å². The van der Waals surface area contributed by atoms with Crippen LogP contribution in [0.15, 0.2) is 0 Å². The molecular formula is C10H17NO. The summed E-state index contributed by atoms with van der Waals surface area (Å²) in [6, 6.07) is 0.628. The van der Waals surface area contributed by atoms with E-state index in [-0.39, 0.29) is 0 Å². The largest absolute Gasteiger partial charge is 0.380 e. The quantitative estimate of drug-likeness (QED) is 0.459. The van der Waals surface area contributed by atoms with Crippen molar-refractivity contribution in [3.05, 3.63) is 0 Å². The Labute approximate surface area is 74.9 Å². The number of hydrogen-bond donors (Lipinski definition) is 0. The first-order valence-electron chi connectivity index (χ1n) is 4.56. The summed E-state index contributed by atoms with van der Waals surface area (Å²) in [6.45, 7) is 2.91. The topological polar surface area (TPSA) is 12.5 Å². The number of nitrogens with zero attached hydrogens (tertiary/aromatic N) is 1. The molecule has 0 aromatic heterocycles. The van der Waals surface area contributed by atoms with Crippen LogP contribution in [0.3, 0.4) is 0 Å². The van der Waals surface area contributed by atoms with E-state index in [2.05, 4.69) is 17.9 Å². The second kappa shape index (κ2) is 5.18. The summed E-state index contributed by atoms with van der Waals surface area (Å²) in [7, 11) is 2.15. The van der Waals surface area contributed by atoms with Crippen molar-refractivity contribution in [2.45, 2.75) is 25.3 Å². The van der Waals surface area contributed by atoms with E-state index < -0.39 is 0 Å². The summed E-state index contributed by atoms with van der Waals surface area (Å²) in [5, 5.41) is 0. The van der Waals surface area contributed by atoms with Gasteiger partial charge in [-0.3, -0.25) is 0 Å². The maximum absolute atomic E-state index is 5.30. The van der Waals surface area contributed by atoms with Crippen molar-refractivity contribution in [1.82, 2.24) is 4.90 Å². The number of likely N-dealkylation sites (N-methyl/N-ethyl adjacent to an activating group) is 1. The molecule has 2 nitrogen and oxygen atoms in total. The van der Waals surface area contributed by atoms with Gasteiger partial charge in [-0.15, -0.1) is 12.3 Å². The van der Waals surface area contributed by atoms with E-state index in [0.717, 1.165) is 32.6 Å². The van der Waals surface area contributed by atoms with Gasteiger partial charge in [0.25, 0.3) is 0 Å². The Kier molecular flexibility index (Phi) is 4.13. The van der Waals surface area contributed by atoms with Gasteiger partial charge in [-0.25, -0.2) is 0 Å². The molecule has 1 heterocycles. The molecule has 1 fully saturated rings. The van der Waals surface area contributed by atoms with E-state index in [1.54, 1.807) is 0 Å². The Morgan fingerprint density at radius 2 is 2.50 bits per heavy atom. The molecule has 12 heavy (non-hydrogen) atoms. The van der Waals surface area contributed by atoms with Crippen molar-refractivity contribution >= 4 is 0 Å². The Bertz CT molecular complexity index is 156. The Morgan fingerprint density at radius 3 is 3.08 bits per heavy atom. The van der Waals surface area contributed by atoms with Crippen LogP contribution in [0.4, 0.5) is 0 Å². The van der Waals surface area contributed by atoms with Gasteiger partial charge < -0.3 is 9.64 Å². The predicted octanol–water partition coefficient (Wildman–Crippen LogP) is 1.12. The lowest BCUT2D eigenvalue weighted by Crippen LogP contribution is -2.32. The van der Waals surface area contributed by atoms with Gasteiger partial charge in [0.1, 0.15) is 0 Å². The molecule has 0 radical (unpaired) electrons. The highest BCUT2D eigenvalue weighted by Gasteiger charge is 2.19. The molecule has 1 saturated heterocycles.